The molecule has 0 aliphatic heterocycles. The van der Waals surface area contributed by atoms with Crippen molar-refractivity contribution in [3.05, 3.63) is 23.4 Å². The summed E-state index contributed by atoms with van der Waals surface area (Å²) in [5.74, 6) is 0. The molecule has 2 N–H and O–H groups in total. The van der Waals surface area contributed by atoms with Crippen LogP contribution in [0.1, 0.15) is 20.8 Å². The van der Waals surface area contributed by atoms with Crippen molar-refractivity contribution in [1.29, 1.82) is 0 Å². The molecule has 46 valence electrons. The smallest absolute Gasteiger partial charge is 0.00597 e. The topological polar surface area (TPSA) is 26.0 Å². The summed E-state index contributed by atoms with van der Waals surface area (Å²) in [6.45, 7) is 6.17. The number of hydrogen-bond acceptors (Lipinski definition) is 1. The molecule has 0 aliphatic carbocycles. The summed E-state index contributed by atoms with van der Waals surface area (Å²) < 4.78 is 0. The van der Waals surface area contributed by atoms with E-state index in [1.165, 1.54) is 11.1 Å². The SMILES string of the molecule is CC(C)=C(C)/C=C\N. The van der Waals surface area contributed by atoms with Gasteiger partial charge in [-0.3, -0.25) is 0 Å². The first-order chi connectivity index (χ1) is 3.68. The first-order valence-electron chi connectivity index (χ1n) is 2.71. The number of allylic oxidation sites excluding steroid dienone is 3. The molecular weight excluding hydrogens is 98.1 g/mol. The lowest BCUT2D eigenvalue weighted by atomic mass is 10.2. The number of nitrogens with two attached hydrogens (primary N) is 1. The molecule has 0 saturated heterocycles. The lowest BCUT2D eigenvalue weighted by Gasteiger charge is -1.91. The van der Waals surface area contributed by atoms with Crippen LogP contribution in [0, 0.1) is 0 Å². The van der Waals surface area contributed by atoms with Gasteiger partial charge < -0.3 is 5.73 Å². The summed E-state index contributed by atoms with van der Waals surface area (Å²) >= 11 is 0. The maximum Gasteiger partial charge on any atom is -0.00597 e. The van der Waals surface area contributed by atoms with Crippen molar-refractivity contribution in [2.24, 2.45) is 5.73 Å². The Balaban J connectivity index is 4.00. The van der Waals surface area contributed by atoms with Crippen molar-refractivity contribution in [1.82, 2.24) is 0 Å². The number of rotatable bonds is 1. The highest BCUT2D eigenvalue weighted by molar-refractivity contribution is 5.19. The second-order valence-electron chi connectivity index (χ2n) is 2.04. The maximum absolute atomic E-state index is 5.15. The van der Waals surface area contributed by atoms with Gasteiger partial charge in [-0.25, -0.2) is 0 Å². The van der Waals surface area contributed by atoms with Crippen LogP contribution < -0.4 is 5.73 Å². The molecule has 0 spiro atoms. The Kier molecular flexibility index (Phi) is 3.01. The highest BCUT2D eigenvalue weighted by Gasteiger charge is 1.81. The van der Waals surface area contributed by atoms with Gasteiger partial charge in [-0.1, -0.05) is 11.1 Å². The molecular formula is C7H13N. The second-order valence-corrected chi connectivity index (χ2v) is 2.04. The minimum Gasteiger partial charge on any atom is -0.405 e. The van der Waals surface area contributed by atoms with E-state index in [1.807, 2.05) is 13.0 Å². The zero-order chi connectivity index (χ0) is 6.57. The van der Waals surface area contributed by atoms with Crippen molar-refractivity contribution in [2.75, 3.05) is 0 Å². The molecule has 0 aromatic rings. The Bertz CT molecular complexity index is 116. The molecule has 0 aromatic carbocycles. The molecule has 0 aromatic heterocycles. The molecule has 0 atom stereocenters. The maximum atomic E-state index is 5.15. The van der Waals surface area contributed by atoms with Gasteiger partial charge in [0, 0.05) is 0 Å². The van der Waals surface area contributed by atoms with Crippen molar-refractivity contribution >= 4 is 0 Å². The predicted octanol–water partition coefficient (Wildman–Crippen LogP) is 1.82. The highest BCUT2D eigenvalue weighted by Crippen LogP contribution is 2.01. The van der Waals surface area contributed by atoms with Crippen molar-refractivity contribution < 1.29 is 0 Å². The molecule has 8 heavy (non-hydrogen) atoms. The van der Waals surface area contributed by atoms with Crippen LogP contribution in [0.2, 0.25) is 0 Å². The van der Waals surface area contributed by atoms with Gasteiger partial charge in [0.2, 0.25) is 0 Å². The first kappa shape index (κ1) is 7.28. The summed E-state index contributed by atoms with van der Waals surface area (Å²) in [5.41, 5.74) is 7.71. The summed E-state index contributed by atoms with van der Waals surface area (Å²) in [4.78, 5) is 0. The Morgan fingerprint density at radius 1 is 1.25 bits per heavy atom. The molecule has 0 aliphatic rings. The van der Waals surface area contributed by atoms with E-state index in [4.69, 9.17) is 5.73 Å². The molecule has 1 heteroatoms. The van der Waals surface area contributed by atoms with Crippen LogP contribution in [0.4, 0.5) is 0 Å². The Morgan fingerprint density at radius 3 is 1.88 bits per heavy atom. The summed E-state index contributed by atoms with van der Waals surface area (Å²) in [6, 6.07) is 0. The first-order valence-corrected chi connectivity index (χ1v) is 2.71. The second kappa shape index (κ2) is 3.30. The molecule has 0 amide bonds. The van der Waals surface area contributed by atoms with Gasteiger partial charge in [-0.15, -0.1) is 0 Å². The zero-order valence-electron chi connectivity index (χ0n) is 5.73. The van der Waals surface area contributed by atoms with Gasteiger partial charge in [-0.2, -0.15) is 0 Å². The third kappa shape index (κ3) is 2.45. The van der Waals surface area contributed by atoms with E-state index in [1.54, 1.807) is 6.20 Å². The molecule has 0 fully saturated rings. The molecule has 0 heterocycles. The molecule has 0 bridgehead atoms. The van der Waals surface area contributed by atoms with Crippen molar-refractivity contribution in [3.63, 3.8) is 0 Å². The van der Waals surface area contributed by atoms with Crippen LogP contribution in [0.5, 0.6) is 0 Å². The van der Waals surface area contributed by atoms with Gasteiger partial charge in [0.1, 0.15) is 0 Å². The summed E-state index contributed by atoms with van der Waals surface area (Å²) in [6.07, 6.45) is 3.46. The van der Waals surface area contributed by atoms with E-state index >= 15 is 0 Å². The fourth-order valence-electron chi connectivity index (χ4n) is 0.311. The third-order valence-electron chi connectivity index (χ3n) is 1.13. The van der Waals surface area contributed by atoms with Gasteiger partial charge in [-0.05, 0) is 33.0 Å². The average Bonchev–Trinajstić information content (AvgIpc) is 1.67. The fraction of sp³-hybridized carbons (Fsp3) is 0.429. The Morgan fingerprint density at radius 2 is 1.75 bits per heavy atom. The normalized spacial score (nSPS) is 9.88. The lowest BCUT2D eigenvalue weighted by Crippen LogP contribution is -1.78. The summed E-state index contributed by atoms with van der Waals surface area (Å²) in [5, 5.41) is 0. The molecule has 0 unspecified atom stereocenters. The minimum atomic E-state index is 1.24. The fourth-order valence-corrected chi connectivity index (χ4v) is 0.311. The van der Waals surface area contributed by atoms with Gasteiger partial charge in [0.05, 0.1) is 0 Å². The van der Waals surface area contributed by atoms with E-state index in [2.05, 4.69) is 13.8 Å². The van der Waals surface area contributed by atoms with Gasteiger partial charge >= 0.3 is 0 Å². The van der Waals surface area contributed by atoms with Gasteiger partial charge in [0.15, 0.2) is 0 Å². The third-order valence-corrected chi connectivity index (χ3v) is 1.13. The molecule has 0 saturated carbocycles. The lowest BCUT2D eigenvalue weighted by molar-refractivity contribution is 1.29. The van der Waals surface area contributed by atoms with Gasteiger partial charge in [0.25, 0.3) is 0 Å². The molecule has 0 radical (unpaired) electrons. The zero-order valence-corrected chi connectivity index (χ0v) is 5.73. The van der Waals surface area contributed by atoms with Crippen LogP contribution in [-0.4, -0.2) is 0 Å². The van der Waals surface area contributed by atoms with E-state index in [9.17, 15) is 0 Å². The van der Waals surface area contributed by atoms with E-state index in [-0.39, 0.29) is 0 Å². The van der Waals surface area contributed by atoms with Crippen LogP contribution in [0.15, 0.2) is 23.4 Å². The Labute approximate surface area is 50.9 Å². The highest BCUT2D eigenvalue weighted by atomic mass is 14.5. The van der Waals surface area contributed by atoms with Crippen molar-refractivity contribution in [2.45, 2.75) is 20.8 Å². The minimum absolute atomic E-state index is 1.24. The standard InChI is InChI=1S/C7H13N/c1-6(2)7(3)4-5-8/h4-5H,8H2,1-3H3/b5-4-. The predicted molar refractivity (Wildman–Crippen MR) is 37.4 cm³/mol. The van der Waals surface area contributed by atoms with Crippen molar-refractivity contribution in [3.8, 4) is 0 Å². The largest absolute Gasteiger partial charge is 0.405 e. The quantitative estimate of drug-likeness (QED) is 0.513. The van der Waals surface area contributed by atoms with Crippen LogP contribution in [0.25, 0.3) is 0 Å². The van der Waals surface area contributed by atoms with Crippen LogP contribution >= 0.6 is 0 Å². The van der Waals surface area contributed by atoms with Crippen LogP contribution in [0.3, 0.4) is 0 Å². The van der Waals surface area contributed by atoms with E-state index in [0.29, 0.717) is 0 Å². The molecule has 1 nitrogen and oxygen atoms in total. The number of hydrogen-bond donors (Lipinski definition) is 1. The summed E-state index contributed by atoms with van der Waals surface area (Å²) in [7, 11) is 0. The Hall–Kier alpha value is -0.720. The average molecular weight is 111 g/mol. The molecule has 0 rings (SSSR count). The van der Waals surface area contributed by atoms with E-state index < -0.39 is 0 Å². The van der Waals surface area contributed by atoms with Crippen LogP contribution in [-0.2, 0) is 0 Å². The van der Waals surface area contributed by atoms with E-state index in [0.717, 1.165) is 0 Å². The monoisotopic (exact) mass is 111 g/mol.